The minimum atomic E-state index is -1.22. The smallest absolute Gasteiger partial charge is 0.338 e. The summed E-state index contributed by atoms with van der Waals surface area (Å²) in [5.41, 5.74) is -0.395. The molecule has 0 aromatic heterocycles. The molecular formula is C11H12N2O5. The number of aliphatic hydroxyl groups excluding tert-OH is 1. The number of aromatic carboxylic acids is 1. The number of hydrogen-bond donors (Lipinski definition) is 3. The Balaban J connectivity index is 2.34. The molecule has 1 aromatic carbocycles. The Morgan fingerprint density at radius 3 is 2.61 bits per heavy atom. The van der Waals surface area contributed by atoms with E-state index in [0.717, 1.165) is 0 Å². The molecule has 1 aliphatic carbocycles. The minimum Gasteiger partial charge on any atom is -0.478 e. The highest BCUT2D eigenvalue weighted by Gasteiger charge is 2.30. The van der Waals surface area contributed by atoms with E-state index in [2.05, 4.69) is 5.32 Å². The van der Waals surface area contributed by atoms with Gasteiger partial charge in [-0.15, -0.1) is 0 Å². The zero-order valence-electron chi connectivity index (χ0n) is 9.37. The van der Waals surface area contributed by atoms with Crippen LogP contribution in [0.15, 0.2) is 18.2 Å². The van der Waals surface area contributed by atoms with Crippen molar-refractivity contribution in [3.63, 3.8) is 0 Å². The first-order valence-electron chi connectivity index (χ1n) is 5.44. The van der Waals surface area contributed by atoms with Crippen LogP contribution in [0.5, 0.6) is 0 Å². The van der Waals surface area contributed by atoms with E-state index in [9.17, 15) is 14.9 Å². The molecular weight excluding hydrogens is 240 g/mol. The van der Waals surface area contributed by atoms with E-state index in [1.807, 2.05) is 0 Å². The molecule has 0 amide bonds. The molecule has 1 aromatic rings. The van der Waals surface area contributed by atoms with E-state index in [-0.39, 0.29) is 23.0 Å². The number of carboxylic acid groups (broad SMARTS) is 1. The Hall–Kier alpha value is -2.15. The van der Waals surface area contributed by atoms with Crippen molar-refractivity contribution in [3.8, 4) is 0 Å². The Bertz CT molecular complexity index is 464. The average molecular weight is 252 g/mol. The summed E-state index contributed by atoms with van der Waals surface area (Å²) in [6, 6.07) is 3.78. The zero-order chi connectivity index (χ0) is 13.3. The van der Waals surface area contributed by atoms with Gasteiger partial charge in [-0.1, -0.05) is 6.07 Å². The maximum absolute atomic E-state index is 11.0. The van der Waals surface area contributed by atoms with E-state index in [1.165, 1.54) is 18.2 Å². The minimum absolute atomic E-state index is 0.00639. The summed E-state index contributed by atoms with van der Waals surface area (Å²) in [6.07, 6.45) is 0.509. The number of rotatable bonds is 4. The number of aliphatic hydroxyl groups is 1. The van der Waals surface area contributed by atoms with E-state index in [4.69, 9.17) is 10.2 Å². The van der Waals surface area contributed by atoms with Gasteiger partial charge in [0.2, 0.25) is 0 Å². The maximum atomic E-state index is 11.0. The van der Waals surface area contributed by atoms with Crippen molar-refractivity contribution in [3.05, 3.63) is 33.9 Å². The second-order valence-corrected chi connectivity index (χ2v) is 4.23. The highest BCUT2D eigenvalue weighted by molar-refractivity contribution is 5.96. The number of hydrogen-bond acceptors (Lipinski definition) is 5. The predicted molar refractivity (Wildman–Crippen MR) is 62.7 cm³/mol. The molecule has 0 saturated heterocycles. The number of carboxylic acids is 1. The van der Waals surface area contributed by atoms with Gasteiger partial charge in [0, 0.05) is 12.1 Å². The molecule has 0 heterocycles. The topological polar surface area (TPSA) is 113 Å². The number of nitro benzene ring substituents is 1. The van der Waals surface area contributed by atoms with Gasteiger partial charge in [-0.3, -0.25) is 10.1 Å². The maximum Gasteiger partial charge on any atom is 0.338 e. The summed E-state index contributed by atoms with van der Waals surface area (Å²) in [5.74, 6) is -1.22. The predicted octanol–water partition coefficient (Wildman–Crippen LogP) is 1.23. The number of nitrogens with one attached hydrogen (secondary N) is 1. The molecule has 0 unspecified atom stereocenters. The first kappa shape index (κ1) is 12.3. The second-order valence-electron chi connectivity index (χ2n) is 4.23. The molecule has 96 valence electrons. The van der Waals surface area contributed by atoms with Crippen molar-refractivity contribution in [2.45, 2.75) is 25.0 Å². The number of nitrogens with zero attached hydrogens (tertiary/aromatic N) is 1. The van der Waals surface area contributed by atoms with Gasteiger partial charge in [0.05, 0.1) is 16.6 Å². The summed E-state index contributed by atoms with van der Waals surface area (Å²) in [4.78, 5) is 21.3. The Morgan fingerprint density at radius 2 is 2.11 bits per heavy atom. The number of benzene rings is 1. The molecule has 0 spiro atoms. The summed E-state index contributed by atoms with van der Waals surface area (Å²) in [6.45, 7) is 0. The Labute approximate surface area is 102 Å². The van der Waals surface area contributed by atoms with Crippen molar-refractivity contribution in [1.82, 2.24) is 0 Å². The van der Waals surface area contributed by atoms with Gasteiger partial charge in [-0.05, 0) is 18.9 Å². The fraction of sp³-hybridized carbons (Fsp3) is 0.364. The Morgan fingerprint density at radius 1 is 1.44 bits per heavy atom. The lowest BCUT2D eigenvalue weighted by atomic mass is 9.89. The molecule has 2 rings (SSSR count). The number of anilines is 1. The largest absolute Gasteiger partial charge is 0.478 e. The molecule has 7 nitrogen and oxygen atoms in total. The summed E-state index contributed by atoms with van der Waals surface area (Å²) < 4.78 is 0. The van der Waals surface area contributed by atoms with Gasteiger partial charge >= 0.3 is 5.97 Å². The highest BCUT2D eigenvalue weighted by Crippen LogP contribution is 2.32. The van der Waals surface area contributed by atoms with E-state index in [1.54, 1.807) is 0 Å². The fourth-order valence-corrected chi connectivity index (χ4v) is 1.93. The van der Waals surface area contributed by atoms with Crippen LogP contribution in [-0.2, 0) is 0 Å². The lowest BCUT2D eigenvalue weighted by Gasteiger charge is -2.32. The van der Waals surface area contributed by atoms with Crippen molar-refractivity contribution in [2.75, 3.05) is 5.32 Å². The molecule has 3 N–H and O–H groups in total. The van der Waals surface area contributed by atoms with Crippen LogP contribution >= 0.6 is 0 Å². The first-order chi connectivity index (χ1) is 8.49. The molecule has 0 radical (unpaired) electrons. The van der Waals surface area contributed by atoms with Gasteiger partial charge in [-0.2, -0.15) is 0 Å². The fourth-order valence-electron chi connectivity index (χ4n) is 1.93. The van der Waals surface area contributed by atoms with Crippen LogP contribution in [0.4, 0.5) is 11.4 Å². The van der Waals surface area contributed by atoms with Crippen LogP contribution in [0.25, 0.3) is 0 Å². The van der Waals surface area contributed by atoms with Gasteiger partial charge in [0.25, 0.3) is 5.69 Å². The normalized spacial score (nSPS) is 22.1. The summed E-state index contributed by atoms with van der Waals surface area (Å²) in [5, 5.41) is 31.9. The Kier molecular flexibility index (Phi) is 3.15. The molecule has 0 atom stereocenters. The third-order valence-electron chi connectivity index (χ3n) is 2.93. The van der Waals surface area contributed by atoms with E-state index < -0.39 is 17.0 Å². The number of carbonyl (C=O) groups is 1. The first-order valence-corrected chi connectivity index (χ1v) is 5.44. The van der Waals surface area contributed by atoms with Gasteiger partial charge in [0.15, 0.2) is 0 Å². The summed E-state index contributed by atoms with van der Waals surface area (Å²) in [7, 11) is 0. The molecule has 7 heteroatoms. The van der Waals surface area contributed by atoms with Crippen LogP contribution in [0.3, 0.4) is 0 Å². The summed E-state index contributed by atoms with van der Waals surface area (Å²) >= 11 is 0. The quantitative estimate of drug-likeness (QED) is 0.548. The monoisotopic (exact) mass is 252 g/mol. The lowest BCUT2D eigenvalue weighted by Crippen LogP contribution is -2.39. The molecule has 0 bridgehead atoms. The average Bonchev–Trinajstić information content (AvgIpc) is 2.26. The molecule has 1 saturated carbocycles. The van der Waals surface area contributed by atoms with Crippen molar-refractivity contribution in [1.29, 1.82) is 0 Å². The second kappa shape index (κ2) is 4.61. The SMILES string of the molecule is O=C(O)c1cccc([N+](=O)[O-])c1NC1CC(O)C1. The molecule has 1 fully saturated rings. The van der Waals surface area contributed by atoms with Crippen molar-refractivity contribution < 1.29 is 19.9 Å². The standard InChI is InChI=1S/C11H12N2O5/c14-7-4-6(5-7)12-10-8(11(15)16)2-1-3-9(10)13(17)18/h1-3,6-7,12,14H,4-5H2,(H,15,16). The van der Waals surface area contributed by atoms with Crippen molar-refractivity contribution >= 4 is 17.3 Å². The highest BCUT2D eigenvalue weighted by atomic mass is 16.6. The van der Waals surface area contributed by atoms with E-state index >= 15 is 0 Å². The van der Waals surface area contributed by atoms with E-state index in [0.29, 0.717) is 12.8 Å². The lowest BCUT2D eigenvalue weighted by molar-refractivity contribution is -0.384. The van der Waals surface area contributed by atoms with Crippen LogP contribution in [0.2, 0.25) is 0 Å². The van der Waals surface area contributed by atoms with Crippen molar-refractivity contribution in [2.24, 2.45) is 0 Å². The molecule has 1 aliphatic rings. The zero-order valence-corrected chi connectivity index (χ0v) is 9.37. The number of nitro groups is 1. The third-order valence-corrected chi connectivity index (χ3v) is 2.93. The van der Waals surface area contributed by atoms with Crippen LogP contribution < -0.4 is 5.32 Å². The van der Waals surface area contributed by atoms with Crippen LogP contribution in [0.1, 0.15) is 23.2 Å². The molecule has 18 heavy (non-hydrogen) atoms. The third kappa shape index (κ3) is 2.25. The van der Waals surface area contributed by atoms with Gasteiger partial charge < -0.3 is 15.5 Å². The van der Waals surface area contributed by atoms with Gasteiger partial charge in [0.1, 0.15) is 5.69 Å². The van der Waals surface area contributed by atoms with Crippen LogP contribution in [-0.4, -0.2) is 33.3 Å². The van der Waals surface area contributed by atoms with Gasteiger partial charge in [-0.25, -0.2) is 4.79 Å². The molecule has 0 aliphatic heterocycles. The van der Waals surface area contributed by atoms with Crippen LogP contribution in [0, 0.1) is 10.1 Å². The number of para-hydroxylation sites is 1.